The van der Waals surface area contributed by atoms with Gasteiger partial charge in [-0.1, -0.05) is 18.2 Å². The average Bonchev–Trinajstić information content (AvgIpc) is 2.37. The van der Waals surface area contributed by atoms with Crippen LogP contribution in [0, 0.1) is 6.61 Å². The fraction of sp³-hybridized carbons (Fsp3) is 0.250. The number of ether oxygens (including phenoxy) is 1. The Bertz CT molecular complexity index is 393. The maximum atomic E-state index is 11.7. The van der Waals surface area contributed by atoms with Crippen LogP contribution in [0.2, 0.25) is 0 Å². The van der Waals surface area contributed by atoms with Crippen molar-refractivity contribution in [2.24, 2.45) is 0 Å². The van der Waals surface area contributed by atoms with E-state index in [1.54, 1.807) is 24.3 Å². The number of carboxylic acid groups (broad SMARTS) is 1. The summed E-state index contributed by atoms with van der Waals surface area (Å²) >= 11 is -1.26. The van der Waals surface area contributed by atoms with E-state index in [1.165, 1.54) is 0 Å². The van der Waals surface area contributed by atoms with E-state index >= 15 is 0 Å². The zero-order chi connectivity index (χ0) is 13.4. The van der Waals surface area contributed by atoms with Crippen molar-refractivity contribution in [1.82, 2.24) is 0 Å². The highest BCUT2D eigenvalue weighted by Crippen LogP contribution is 2.11. The number of esters is 1. The summed E-state index contributed by atoms with van der Waals surface area (Å²) in [7, 11) is 0. The zero-order valence-corrected chi connectivity index (χ0v) is 10.4. The molecule has 0 aliphatic rings. The minimum Gasteiger partial charge on any atom is -0.611 e. The van der Waals surface area contributed by atoms with Crippen molar-refractivity contribution in [1.29, 1.82) is 0 Å². The van der Waals surface area contributed by atoms with Crippen LogP contribution >= 0.6 is 0 Å². The highest BCUT2D eigenvalue weighted by Gasteiger charge is 2.12. The Kier molecular flexibility index (Phi) is 6.24. The summed E-state index contributed by atoms with van der Waals surface area (Å²) in [5.41, 5.74) is 0. The van der Waals surface area contributed by atoms with Gasteiger partial charge in [0, 0.05) is 0 Å². The van der Waals surface area contributed by atoms with Crippen LogP contribution in [0.4, 0.5) is 0 Å². The van der Waals surface area contributed by atoms with E-state index in [0.717, 1.165) is 6.61 Å². The summed E-state index contributed by atoms with van der Waals surface area (Å²) in [6.07, 6.45) is -0.460. The Morgan fingerprint density at radius 1 is 1.28 bits per heavy atom. The van der Waals surface area contributed by atoms with Gasteiger partial charge < -0.3 is 14.4 Å². The lowest BCUT2D eigenvalue weighted by Crippen LogP contribution is -2.12. The molecule has 97 valence electrons. The van der Waals surface area contributed by atoms with Crippen molar-refractivity contribution in [2.75, 3.05) is 5.75 Å². The molecule has 0 heterocycles. The number of aliphatic carboxylic acids is 1. The van der Waals surface area contributed by atoms with E-state index < -0.39 is 23.1 Å². The monoisotopic (exact) mass is 269 g/mol. The first kappa shape index (κ1) is 14.5. The third-order valence-electron chi connectivity index (χ3n) is 1.98. The van der Waals surface area contributed by atoms with Gasteiger partial charge in [-0.05, 0) is 23.3 Å². The van der Waals surface area contributed by atoms with Gasteiger partial charge in [-0.15, -0.1) is 0 Å². The van der Waals surface area contributed by atoms with Gasteiger partial charge in [0.15, 0.2) is 17.3 Å². The van der Waals surface area contributed by atoms with Gasteiger partial charge in [-0.2, -0.15) is 0 Å². The molecule has 18 heavy (non-hydrogen) atoms. The molecule has 6 heteroatoms. The van der Waals surface area contributed by atoms with E-state index in [4.69, 9.17) is 5.11 Å². The van der Waals surface area contributed by atoms with E-state index in [0.29, 0.717) is 4.90 Å². The molecule has 1 rings (SSSR count). The maximum absolute atomic E-state index is 11.7. The summed E-state index contributed by atoms with van der Waals surface area (Å²) < 4.78 is 16.4. The lowest BCUT2D eigenvalue weighted by Gasteiger charge is -2.09. The standard InChI is InChI=1S/C12H13O5S/c13-11(14)6-7-12(15)17-8-9-18(16)10-4-2-1-3-5-10/h1-5,8H,6-7,9H2,(H,13,14). The highest BCUT2D eigenvalue weighted by molar-refractivity contribution is 7.91. The highest BCUT2D eigenvalue weighted by atomic mass is 32.2. The summed E-state index contributed by atoms with van der Waals surface area (Å²) in [5, 5.41) is 8.36. The molecule has 0 saturated carbocycles. The number of carbonyl (C=O) groups excluding carboxylic acids is 1. The molecule has 1 aromatic rings. The predicted molar refractivity (Wildman–Crippen MR) is 65.0 cm³/mol. The largest absolute Gasteiger partial charge is 0.611 e. The van der Waals surface area contributed by atoms with Gasteiger partial charge in [-0.25, -0.2) is 0 Å². The molecule has 1 N–H and O–H groups in total. The van der Waals surface area contributed by atoms with Crippen LogP contribution < -0.4 is 0 Å². The van der Waals surface area contributed by atoms with Gasteiger partial charge in [0.25, 0.3) is 0 Å². The van der Waals surface area contributed by atoms with Gasteiger partial charge in [-0.3, -0.25) is 9.59 Å². The second-order valence-corrected chi connectivity index (χ2v) is 4.87. The predicted octanol–water partition coefficient (Wildman–Crippen LogP) is 1.36. The molecular weight excluding hydrogens is 256 g/mol. The molecule has 1 radical (unpaired) electrons. The second-order valence-electron chi connectivity index (χ2n) is 3.38. The van der Waals surface area contributed by atoms with Crippen LogP contribution in [0.15, 0.2) is 35.2 Å². The third kappa shape index (κ3) is 5.70. The van der Waals surface area contributed by atoms with Crippen LogP contribution in [0.25, 0.3) is 0 Å². The fourth-order valence-corrected chi connectivity index (χ4v) is 1.97. The van der Waals surface area contributed by atoms with Crippen molar-refractivity contribution < 1.29 is 24.0 Å². The average molecular weight is 269 g/mol. The molecule has 0 aromatic heterocycles. The van der Waals surface area contributed by atoms with Crippen molar-refractivity contribution in [2.45, 2.75) is 17.7 Å². The van der Waals surface area contributed by atoms with E-state index in [2.05, 4.69) is 4.74 Å². The number of benzene rings is 1. The smallest absolute Gasteiger partial charge is 0.306 e. The first-order valence-electron chi connectivity index (χ1n) is 5.26. The first-order valence-corrected chi connectivity index (χ1v) is 6.58. The third-order valence-corrected chi connectivity index (χ3v) is 3.22. The van der Waals surface area contributed by atoms with Gasteiger partial charge >= 0.3 is 11.9 Å². The Morgan fingerprint density at radius 3 is 2.56 bits per heavy atom. The molecule has 0 bridgehead atoms. The number of hydrogen-bond donors (Lipinski definition) is 1. The molecule has 0 saturated heterocycles. The van der Waals surface area contributed by atoms with Gasteiger partial charge in [0.1, 0.15) is 0 Å². The SMILES string of the molecule is O=C(O)CCC(=O)O[CH]C[S+]([O-])c1ccccc1. The van der Waals surface area contributed by atoms with Crippen LogP contribution in [-0.2, 0) is 25.5 Å². The second kappa shape index (κ2) is 7.73. The van der Waals surface area contributed by atoms with E-state index in [-0.39, 0.29) is 18.6 Å². The van der Waals surface area contributed by atoms with Crippen molar-refractivity contribution in [3.63, 3.8) is 0 Å². The quantitative estimate of drug-likeness (QED) is 0.596. The van der Waals surface area contributed by atoms with Gasteiger partial charge in [0.2, 0.25) is 0 Å². The lowest BCUT2D eigenvalue weighted by molar-refractivity contribution is -0.145. The summed E-state index contributed by atoms with van der Waals surface area (Å²) in [6.45, 7) is 1.15. The number of rotatable bonds is 7. The maximum Gasteiger partial charge on any atom is 0.306 e. The molecule has 1 aromatic carbocycles. The fourth-order valence-electron chi connectivity index (χ4n) is 1.13. The number of carboxylic acids is 1. The summed E-state index contributed by atoms with van der Waals surface area (Å²) in [5.74, 6) is -1.61. The Morgan fingerprint density at radius 2 is 1.94 bits per heavy atom. The summed E-state index contributed by atoms with van der Waals surface area (Å²) in [6, 6.07) is 8.79. The topological polar surface area (TPSA) is 86.7 Å². The van der Waals surface area contributed by atoms with Crippen molar-refractivity contribution >= 4 is 23.1 Å². The van der Waals surface area contributed by atoms with Crippen LogP contribution in [0.3, 0.4) is 0 Å². The van der Waals surface area contributed by atoms with Crippen molar-refractivity contribution in [3.05, 3.63) is 36.9 Å². The van der Waals surface area contributed by atoms with Crippen LogP contribution in [-0.4, -0.2) is 27.4 Å². The van der Waals surface area contributed by atoms with Gasteiger partial charge in [0.05, 0.1) is 12.8 Å². The minimum absolute atomic E-state index is 0.0861. The molecule has 5 nitrogen and oxygen atoms in total. The number of carbonyl (C=O) groups is 2. The van der Waals surface area contributed by atoms with Crippen LogP contribution in [0.1, 0.15) is 12.8 Å². The molecule has 0 spiro atoms. The Hall–Kier alpha value is -1.53. The Labute approximate surface area is 108 Å². The molecule has 0 aliphatic heterocycles. The lowest BCUT2D eigenvalue weighted by atomic mass is 10.3. The molecule has 0 aliphatic carbocycles. The zero-order valence-electron chi connectivity index (χ0n) is 9.57. The number of hydrogen-bond acceptors (Lipinski definition) is 4. The molecule has 1 atom stereocenters. The molecule has 0 fully saturated rings. The minimum atomic E-state index is -1.26. The molecule has 0 amide bonds. The molecular formula is C12H13O5S. The summed E-state index contributed by atoms with van der Waals surface area (Å²) in [4.78, 5) is 21.9. The Balaban J connectivity index is 2.21. The first-order chi connectivity index (χ1) is 8.59. The van der Waals surface area contributed by atoms with Crippen molar-refractivity contribution in [3.8, 4) is 0 Å². The van der Waals surface area contributed by atoms with E-state index in [1.807, 2.05) is 6.07 Å². The van der Waals surface area contributed by atoms with E-state index in [9.17, 15) is 14.1 Å². The molecule has 1 unspecified atom stereocenters. The van der Waals surface area contributed by atoms with Crippen LogP contribution in [0.5, 0.6) is 0 Å². The normalized spacial score (nSPS) is 11.8.